The van der Waals surface area contributed by atoms with E-state index < -0.39 is 0 Å². The van der Waals surface area contributed by atoms with Crippen molar-refractivity contribution in [3.63, 3.8) is 0 Å². The molecule has 0 spiro atoms. The molecule has 1 nitrogen and oxygen atoms in total. The minimum absolute atomic E-state index is 1.14. The van der Waals surface area contributed by atoms with Crippen LogP contribution in [-0.4, -0.2) is 24.5 Å². The first-order valence-electron chi connectivity index (χ1n) is 9.78. The first kappa shape index (κ1) is 20.0. The summed E-state index contributed by atoms with van der Waals surface area (Å²) in [5.74, 6) is 0. The molecular weight excluding hydrogens is 278 g/mol. The van der Waals surface area contributed by atoms with Gasteiger partial charge in [0.2, 0.25) is 0 Å². The lowest BCUT2D eigenvalue weighted by molar-refractivity contribution is 0.303. The van der Waals surface area contributed by atoms with Crippen LogP contribution in [0.2, 0.25) is 0 Å². The van der Waals surface area contributed by atoms with Gasteiger partial charge in [-0.05, 0) is 57.2 Å². The highest BCUT2D eigenvalue weighted by atomic mass is 15.1. The predicted molar refractivity (Wildman–Crippen MR) is 104 cm³/mol. The molecule has 0 bridgehead atoms. The van der Waals surface area contributed by atoms with Gasteiger partial charge in [-0.2, -0.15) is 0 Å². The molecule has 1 rings (SSSR count). The second-order valence-electron chi connectivity index (χ2n) is 6.56. The summed E-state index contributed by atoms with van der Waals surface area (Å²) in [6, 6.07) is 10.9. The van der Waals surface area contributed by atoms with Gasteiger partial charge in [-0.1, -0.05) is 75.6 Å². The van der Waals surface area contributed by atoms with Crippen LogP contribution in [0.5, 0.6) is 0 Å². The smallest absolute Gasteiger partial charge is 0.0163 e. The summed E-state index contributed by atoms with van der Waals surface area (Å²) in [6.07, 6.45) is 16.6. The molecule has 0 saturated heterocycles. The number of hydrogen-bond acceptors (Lipinski definition) is 1. The SMILES string of the molecule is CCCN(C/C=C/CCCCCCCc1ccccc1)CCC. The van der Waals surface area contributed by atoms with Crippen molar-refractivity contribution in [3.8, 4) is 0 Å². The Morgan fingerprint density at radius 3 is 2.13 bits per heavy atom. The maximum Gasteiger partial charge on any atom is 0.0163 e. The van der Waals surface area contributed by atoms with Gasteiger partial charge < -0.3 is 0 Å². The molecule has 0 fully saturated rings. The Bertz CT molecular complexity index is 376. The van der Waals surface area contributed by atoms with E-state index in [1.54, 1.807) is 0 Å². The second-order valence-corrected chi connectivity index (χ2v) is 6.56. The van der Waals surface area contributed by atoms with Crippen LogP contribution in [-0.2, 0) is 6.42 Å². The number of unbranched alkanes of at least 4 members (excludes halogenated alkanes) is 5. The number of aryl methyl sites for hydroxylation is 1. The molecule has 0 aliphatic rings. The lowest BCUT2D eigenvalue weighted by Gasteiger charge is -2.18. The van der Waals surface area contributed by atoms with Crippen molar-refractivity contribution in [1.29, 1.82) is 0 Å². The number of rotatable bonds is 14. The van der Waals surface area contributed by atoms with Gasteiger partial charge in [0.15, 0.2) is 0 Å². The summed E-state index contributed by atoms with van der Waals surface area (Å²) in [6.45, 7) is 8.15. The van der Waals surface area contributed by atoms with Gasteiger partial charge in [0.1, 0.15) is 0 Å². The summed E-state index contributed by atoms with van der Waals surface area (Å²) in [4.78, 5) is 2.56. The Hall–Kier alpha value is -1.08. The molecule has 0 aromatic heterocycles. The molecule has 0 unspecified atom stereocenters. The van der Waals surface area contributed by atoms with Crippen LogP contribution >= 0.6 is 0 Å². The zero-order valence-electron chi connectivity index (χ0n) is 15.5. The van der Waals surface area contributed by atoms with Gasteiger partial charge in [-0.15, -0.1) is 0 Å². The van der Waals surface area contributed by atoms with E-state index in [0.717, 1.165) is 6.54 Å². The highest BCUT2D eigenvalue weighted by molar-refractivity contribution is 5.14. The van der Waals surface area contributed by atoms with Crippen LogP contribution in [0.1, 0.15) is 70.8 Å². The molecule has 0 aliphatic carbocycles. The molecule has 0 radical (unpaired) electrons. The van der Waals surface area contributed by atoms with Gasteiger partial charge in [-0.3, -0.25) is 4.90 Å². The third kappa shape index (κ3) is 11.1. The largest absolute Gasteiger partial charge is 0.300 e. The maximum absolute atomic E-state index is 2.56. The van der Waals surface area contributed by atoms with Crippen molar-refractivity contribution in [3.05, 3.63) is 48.0 Å². The van der Waals surface area contributed by atoms with Gasteiger partial charge in [-0.25, -0.2) is 0 Å². The minimum Gasteiger partial charge on any atom is -0.300 e. The number of benzene rings is 1. The number of hydrogen-bond donors (Lipinski definition) is 0. The Balaban J connectivity index is 1.93. The monoisotopic (exact) mass is 315 g/mol. The summed E-state index contributed by atoms with van der Waals surface area (Å²) < 4.78 is 0. The Kier molecular flexibility index (Phi) is 12.6. The molecule has 1 aromatic carbocycles. The average Bonchev–Trinajstić information content (AvgIpc) is 2.58. The molecule has 0 saturated carbocycles. The van der Waals surface area contributed by atoms with Crippen LogP contribution in [0.15, 0.2) is 42.5 Å². The summed E-state index contributed by atoms with van der Waals surface area (Å²) >= 11 is 0. The van der Waals surface area contributed by atoms with Crippen LogP contribution in [0, 0.1) is 0 Å². The van der Waals surface area contributed by atoms with Crippen molar-refractivity contribution in [2.24, 2.45) is 0 Å². The zero-order chi connectivity index (χ0) is 16.6. The van der Waals surface area contributed by atoms with Gasteiger partial charge in [0.25, 0.3) is 0 Å². The van der Waals surface area contributed by atoms with E-state index in [2.05, 4.69) is 61.2 Å². The third-order valence-electron chi connectivity index (χ3n) is 4.29. The first-order valence-corrected chi connectivity index (χ1v) is 9.78. The van der Waals surface area contributed by atoms with Gasteiger partial charge in [0, 0.05) is 6.54 Å². The van der Waals surface area contributed by atoms with Crippen molar-refractivity contribution in [1.82, 2.24) is 4.90 Å². The lowest BCUT2D eigenvalue weighted by atomic mass is 10.0. The average molecular weight is 316 g/mol. The summed E-state index contributed by atoms with van der Waals surface area (Å²) in [7, 11) is 0. The fourth-order valence-corrected chi connectivity index (χ4v) is 3.03. The summed E-state index contributed by atoms with van der Waals surface area (Å²) in [5.41, 5.74) is 1.49. The Morgan fingerprint density at radius 2 is 1.43 bits per heavy atom. The Morgan fingerprint density at radius 1 is 0.783 bits per heavy atom. The molecule has 0 heterocycles. The molecule has 0 amide bonds. The number of allylic oxidation sites excluding steroid dienone is 1. The fourth-order valence-electron chi connectivity index (χ4n) is 3.03. The van der Waals surface area contributed by atoms with E-state index in [1.807, 2.05) is 0 Å². The molecule has 130 valence electrons. The van der Waals surface area contributed by atoms with E-state index in [9.17, 15) is 0 Å². The summed E-state index contributed by atoms with van der Waals surface area (Å²) in [5, 5.41) is 0. The van der Waals surface area contributed by atoms with E-state index in [1.165, 1.54) is 76.4 Å². The van der Waals surface area contributed by atoms with E-state index in [-0.39, 0.29) is 0 Å². The second kappa shape index (κ2) is 14.5. The molecule has 0 atom stereocenters. The minimum atomic E-state index is 1.14. The fraction of sp³-hybridized carbons (Fsp3) is 0.636. The highest BCUT2D eigenvalue weighted by Gasteiger charge is 1.98. The molecule has 0 aliphatic heterocycles. The first-order chi connectivity index (χ1) is 11.4. The quantitative estimate of drug-likeness (QED) is 0.290. The topological polar surface area (TPSA) is 3.24 Å². The van der Waals surface area contributed by atoms with Crippen molar-refractivity contribution >= 4 is 0 Å². The van der Waals surface area contributed by atoms with E-state index >= 15 is 0 Å². The van der Waals surface area contributed by atoms with E-state index in [4.69, 9.17) is 0 Å². The molecule has 23 heavy (non-hydrogen) atoms. The van der Waals surface area contributed by atoms with Gasteiger partial charge >= 0.3 is 0 Å². The maximum atomic E-state index is 2.56. The van der Waals surface area contributed by atoms with Crippen LogP contribution in [0.25, 0.3) is 0 Å². The van der Waals surface area contributed by atoms with Crippen LogP contribution < -0.4 is 0 Å². The lowest BCUT2D eigenvalue weighted by Crippen LogP contribution is -2.25. The van der Waals surface area contributed by atoms with Crippen molar-refractivity contribution in [2.75, 3.05) is 19.6 Å². The molecule has 1 heteroatoms. The standard InChI is InChI=1S/C22H37N/c1-3-19-23(20-4-2)21-15-10-8-6-5-7-9-12-16-22-17-13-11-14-18-22/h10-11,13-15,17-18H,3-9,12,16,19-21H2,1-2H3/b15-10+. The van der Waals surface area contributed by atoms with Crippen LogP contribution in [0.4, 0.5) is 0 Å². The molecule has 1 aromatic rings. The van der Waals surface area contributed by atoms with Crippen molar-refractivity contribution in [2.45, 2.75) is 71.6 Å². The number of nitrogens with zero attached hydrogens (tertiary/aromatic N) is 1. The zero-order valence-corrected chi connectivity index (χ0v) is 15.5. The molecular formula is C22H37N. The predicted octanol–water partition coefficient (Wildman–Crippen LogP) is 6.25. The van der Waals surface area contributed by atoms with Crippen molar-refractivity contribution < 1.29 is 0 Å². The van der Waals surface area contributed by atoms with Crippen LogP contribution in [0.3, 0.4) is 0 Å². The highest BCUT2D eigenvalue weighted by Crippen LogP contribution is 2.10. The third-order valence-corrected chi connectivity index (χ3v) is 4.29. The van der Waals surface area contributed by atoms with E-state index in [0.29, 0.717) is 0 Å². The Labute approximate surface area is 144 Å². The normalized spacial score (nSPS) is 11.6. The molecule has 0 N–H and O–H groups in total. The van der Waals surface area contributed by atoms with Gasteiger partial charge in [0.05, 0.1) is 0 Å².